The number of ether oxygens (including phenoxy) is 1. The molecule has 18 heavy (non-hydrogen) atoms. The predicted molar refractivity (Wildman–Crippen MR) is 72.5 cm³/mol. The molecule has 0 spiro atoms. The number of hydrogen-bond donors (Lipinski definition) is 2. The maximum Gasteiger partial charge on any atom is 0.165 e. The normalized spacial score (nSPS) is 11.6. The van der Waals surface area contributed by atoms with Crippen LogP contribution >= 0.6 is 0 Å². The third-order valence-electron chi connectivity index (χ3n) is 2.88. The summed E-state index contributed by atoms with van der Waals surface area (Å²) >= 11 is 0. The molecule has 102 valence electrons. The molecule has 1 aromatic rings. The van der Waals surface area contributed by atoms with Crippen molar-refractivity contribution < 1.29 is 9.13 Å². The molecule has 3 nitrogen and oxygen atoms in total. The topological polar surface area (TPSA) is 33.3 Å². The molecule has 0 heterocycles. The van der Waals surface area contributed by atoms with Gasteiger partial charge in [-0.3, -0.25) is 0 Å². The van der Waals surface area contributed by atoms with Gasteiger partial charge in [-0.05, 0) is 31.7 Å². The molecule has 0 bridgehead atoms. The second-order valence-electron chi connectivity index (χ2n) is 4.92. The summed E-state index contributed by atoms with van der Waals surface area (Å²) in [7, 11) is 1.89. The maximum atomic E-state index is 13.8. The Balaban J connectivity index is 2.79. The van der Waals surface area contributed by atoms with Crippen molar-refractivity contribution in [2.24, 2.45) is 0 Å². The van der Waals surface area contributed by atoms with Crippen LogP contribution in [0.1, 0.15) is 26.3 Å². The van der Waals surface area contributed by atoms with Crippen LogP contribution in [0.4, 0.5) is 4.39 Å². The summed E-state index contributed by atoms with van der Waals surface area (Å²) in [5.74, 6) is 0.0243. The Morgan fingerprint density at radius 2 is 2.06 bits per heavy atom. The van der Waals surface area contributed by atoms with Crippen LogP contribution in [0.25, 0.3) is 0 Å². The summed E-state index contributed by atoms with van der Waals surface area (Å²) in [6.45, 7) is 8.02. The molecule has 1 rings (SSSR count). The van der Waals surface area contributed by atoms with E-state index in [4.69, 9.17) is 4.74 Å². The van der Waals surface area contributed by atoms with Crippen molar-refractivity contribution in [2.75, 3.05) is 26.9 Å². The molecule has 2 N–H and O–H groups in total. The number of nitrogens with one attached hydrogen (secondary N) is 2. The first-order valence-corrected chi connectivity index (χ1v) is 6.29. The fourth-order valence-corrected chi connectivity index (χ4v) is 1.80. The van der Waals surface area contributed by atoms with Crippen LogP contribution in [-0.4, -0.2) is 26.9 Å². The molecule has 0 aliphatic rings. The highest BCUT2D eigenvalue weighted by molar-refractivity contribution is 5.33. The highest BCUT2D eigenvalue weighted by Crippen LogP contribution is 2.27. The summed E-state index contributed by atoms with van der Waals surface area (Å²) in [6, 6.07) is 5.19. The summed E-state index contributed by atoms with van der Waals surface area (Å²) in [4.78, 5) is 0. The van der Waals surface area contributed by atoms with E-state index < -0.39 is 0 Å². The maximum absolute atomic E-state index is 13.8. The minimum absolute atomic E-state index is 0.123. The summed E-state index contributed by atoms with van der Waals surface area (Å²) in [5.41, 5.74) is 0.842. The monoisotopic (exact) mass is 254 g/mol. The Labute approximate surface area is 109 Å². The van der Waals surface area contributed by atoms with Crippen molar-refractivity contribution in [3.8, 4) is 5.75 Å². The van der Waals surface area contributed by atoms with Gasteiger partial charge < -0.3 is 15.4 Å². The van der Waals surface area contributed by atoms with Gasteiger partial charge in [0.2, 0.25) is 0 Å². The van der Waals surface area contributed by atoms with Crippen LogP contribution in [0.15, 0.2) is 18.2 Å². The molecule has 0 fully saturated rings. The summed E-state index contributed by atoms with van der Waals surface area (Å²) in [5, 5.41) is 6.29. The van der Waals surface area contributed by atoms with Gasteiger partial charge in [0.05, 0.1) is 6.61 Å². The fourth-order valence-electron chi connectivity index (χ4n) is 1.80. The van der Waals surface area contributed by atoms with Gasteiger partial charge in [0.25, 0.3) is 0 Å². The third kappa shape index (κ3) is 3.96. The van der Waals surface area contributed by atoms with Gasteiger partial charge in [-0.1, -0.05) is 19.9 Å². The Morgan fingerprint density at radius 1 is 1.33 bits per heavy atom. The lowest BCUT2D eigenvalue weighted by atomic mass is 9.84. The van der Waals surface area contributed by atoms with Gasteiger partial charge in [-0.15, -0.1) is 0 Å². The van der Waals surface area contributed by atoms with Crippen LogP contribution in [0.2, 0.25) is 0 Å². The van der Waals surface area contributed by atoms with Gasteiger partial charge >= 0.3 is 0 Å². The molecule has 0 aliphatic heterocycles. The summed E-state index contributed by atoms with van der Waals surface area (Å²) in [6.07, 6.45) is 0. The first kappa shape index (κ1) is 14.9. The molecule has 0 aliphatic carbocycles. The fraction of sp³-hybridized carbons (Fsp3) is 0.571. The third-order valence-corrected chi connectivity index (χ3v) is 2.88. The van der Waals surface area contributed by atoms with Gasteiger partial charge in [0.15, 0.2) is 11.6 Å². The quantitative estimate of drug-likeness (QED) is 0.578. The van der Waals surface area contributed by atoms with Crippen molar-refractivity contribution in [3.05, 3.63) is 29.6 Å². The molecule has 0 aromatic heterocycles. The zero-order valence-electron chi connectivity index (χ0n) is 11.6. The Hall–Kier alpha value is -1.13. The van der Waals surface area contributed by atoms with E-state index in [-0.39, 0.29) is 11.2 Å². The van der Waals surface area contributed by atoms with E-state index in [1.165, 1.54) is 0 Å². The average Bonchev–Trinajstić information content (AvgIpc) is 2.32. The van der Waals surface area contributed by atoms with E-state index in [0.717, 1.165) is 18.8 Å². The van der Waals surface area contributed by atoms with Gasteiger partial charge in [-0.25, -0.2) is 4.39 Å². The van der Waals surface area contributed by atoms with Crippen LogP contribution < -0.4 is 15.4 Å². The van der Waals surface area contributed by atoms with Crippen molar-refractivity contribution in [3.63, 3.8) is 0 Å². The largest absolute Gasteiger partial charge is 0.491 e. The zero-order valence-corrected chi connectivity index (χ0v) is 11.6. The smallest absolute Gasteiger partial charge is 0.165 e. The van der Waals surface area contributed by atoms with Crippen molar-refractivity contribution >= 4 is 0 Å². The van der Waals surface area contributed by atoms with E-state index in [9.17, 15) is 4.39 Å². The van der Waals surface area contributed by atoms with E-state index in [0.29, 0.717) is 12.4 Å². The van der Waals surface area contributed by atoms with Crippen LogP contribution in [0, 0.1) is 5.82 Å². The number of rotatable bonds is 7. The lowest BCUT2D eigenvalue weighted by Crippen LogP contribution is -2.37. The molecule has 4 heteroatoms. The Kier molecular flexibility index (Phi) is 5.56. The number of benzene rings is 1. The minimum atomic E-state index is -0.295. The van der Waals surface area contributed by atoms with Gasteiger partial charge in [-0.2, -0.15) is 0 Å². The Bertz CT molecular complexity index is 380. The molecule has 0 atom stereocenters. The number of halogens is 1. The Morgan fingerprint density at radius 3 is 2.61 bits per heavy atom. The van der Waals surface area contributed by atoms with E-state index in [2.05, 4.69) is 24.5 Å². The minimum Gasteiger partial charge on any atom is -0.491 e. The second kappa shape index (κ2) is 6.71. The highest BCUT2D eigenvalue weighted by atomic mass is 19.1. The first-order chi connectivity index (χ1) is 8.51. The average molecular weight is 254 g/mol. The van der Waals surface area contributed by atoms with Crippen molar-refractivity contribution in [1.82, 2.24) is 10.6 Å². The second-order valence-corrected chi connectivity index (χ2v) is 4.92. The molecule has 0 unspecified atom stereocenters. The molecular weight excluding hydrogens is 231 g/mol. The van der Waals surface area contributed by atoms with Crippen molar-refractivity contribution in [1.29, 1.82) is 0 Å². The lowest BCUT2D eigenvalue weighted by molar-refractivity contribution is 0.320. The van der Waals surface area contributed by atoms with Gasteiger partial charge in [0.1, 0.15) is 0 Å². The van der Waals surface area contributed by atoms with Crippen LogP contribution in [0.5, 0.6) is 5.75 Å². The SMILES string of the molecule is CCOc1ccc(C(C)(C)CNCNC)cc1F. The van der Waals surface area contributed by atoms with Crippen LogP contribution in [0.3, 0.4) is 0 Å². The lowest BCUT2D eigenvalue weighted by Gasteiger charge is -2.26. The molecule has 0 radical (unpaired) electrons. The van der Waals surface area contributed by atoms with Crippen molar-refractivity contribution in [2.45, 2.75) is 26.2 Å². The first-order valence-electron chi connectivity index (χ1n) is 6.29. The van der Waals surface area contributed by atoms with Gasteiger partial charge in [0, 0.05) is 18.6 Å². The molecule has 0 saturated heterocycles. The number of hydrogen-bond acceptors (Lipinski definition) is 3. The van der Waals surface area contributed by atoms with E-state index in [1.807, 2.05) is 20.0 Å². The van der Waals surface area contributed by atoms with Crippen LogP contribution in [-0.2, 0) is 5.41 Å². The molecule has 0 saturated carbocycles. The standard InChI is InChI=1S/C14H23FN2O/c1-5-18-13-7-6-11(8-12(13)15)14(2,3)9-17-10-16-4/h6-8,16-17H,5,9-10H2,1-4H3. The highest BCUT2D eigenvalue weighted by Gasteiger charge is 2.21. The van der Waals surface area contributed by atoms with E-state index in [1.54, 1.807) is 12.1 Å². The molecule has 1 aromatic carbocycles. The molecular formula is C14H23FN2O. The molecule has 0 amide bonds. The zero-order chi connectivity index (χ0) is 13.6. The predicted octanol–water partition coefficient (Wildman–Crippen LogP) is 2.27. The summed E-state index contributed by atoms with van der Waals surface area (Å²) < 4.78 is 19.0. The van der Waals surface area contributed by atoms with E-state index >= 15 is 0 Å².